The fourth-order valence-corrected chi connectivity index (χ4v) is 3.39. The minimum absolute atomic E-state index is 0.0563. The van der Waals surface area contributed by atoms with Gasteiger partial charge in [-0.05, 0) is 41.7 Å². The Labute approximate surface area is 143 Å². The highest BCUT2D eigenvalue weighted by Gasteiger charge is 2.20. The second-order valence-corrected chi connectivity index (χ2v) is 6.87. The summed E-state index contributed by atoms with van der Waals surface area (Å²) < 4.78 is 5.70. The van der Waals surface area contributed by atoms with Gasteiger partial charge in [-0.15, -0.1) is 11.8 Å². The Balaban J connectivity index is 2.06. The van der Waals surface area contributed by atoms with Crippen molar-refractivity contribution < 1.29 is 14.6 Å². The molecule has 5 heteroatoms. The van der Waals surface area contributed by atoms with Crippen molar-refractivity contribution in [2.45, 2.75) is 11.8 Å². The Hall–Kier alpha value is -1.91. The van der Waals surface area contributed by atoms with Crippen molar-refractivity contribution in [2.24, 2.45) is 0 Å². The third-order valence-corrected chi connectivity index (χ3v) is 4.65. The maximum atomic E-state index is 11.1. The van der Waals surface area contributed by atoms with Gasteiger partial charge in [-0.1, -0.05) is 30.7 Å². The molecule has 23 heavy (non-hydrogen) atoms. The molecule has 0 atom stereocenters. The first-order chi connectivity index (χ1) is 11.1. The van der Waals surface area contributed by atoms with E-state index in [2.05, 4.69) is 19.1 Å². The molecule has 0 amide bonds. The molecule has 0 radical (unpaired) electrons. The molecule has 0 saturated carbocycles. The van der Waals surface area contributed by atoms with Crippen molar-refractivity contribution >= 4 is 35.4 Å². The van der Waals surface area contributed by atoms with E-state index in [0.717, 1.165) is 16.9 Å². The number of benzene rings is 2. The Kier molecular flexibility index (Phi) is 4.64. The molecule has 0 unspecified atom stereocenters. The van der Waals surface area contributed by atoms with Crippen LogP contribution in [0.25, 0.3) is 17.2 Å². The molecule has 118 valence electrons. The lowest BCUT2D eigenvalue weighted by Crippen LogP contribution is -2.14. The lowest BCUT2D eigenvalue weighted by atomic mass is 9.98. The zero-order valence-corrected chi connectivity index (χ0v) is 14.1. The number of thioether (sulfide) groups is 1. The number of hydrogen-bond donors (Lipinski definition) is 1. The zero-order valence-electron chi connectivity index (χ0n) is 12.5. The molecular formula is C18H15ClO3S. The maximum Gasteiger partial charge on any atom is 0.335 e. The van der Waals surface area contributed by atoms with Crippen LogP contribution < -0.4 is 4.74 Å². The summed E-state index contributed by atoms with van der Waals surface area (Å²) in [5.74, 6) is 0.728. The summed E-state index contributed by atoms with van der Waals surface area (Å²) >= 11 is 7.99. The molecule has 1 aliphatic heterocycles. The summed E-state index contributed by atoms with van der Waals surface area (Å²) in [4.78, 5) is 12.3. The van der Waals surface area contributed by atoms with Gasteiger partial charge in [0, 0.05) is 21.0 Å². The Morgan fingerprint density at radius 1 is 1.30 bits per heavy atom. The molecule has 1 N–H and O–H groups in total. The highest BCUT2D eigenvalue weighted by molar-refractivity contribution is 7.99. The van der Waals surface area contributed by atoms with E-state index in [1.165, 1.54) is 4.90 Å². The number of aliphatic carboxylic acids is 1. The Morgan fingerprint density at radius 2 is 2.04 bits per heavy atom. The lowest BCUT2D eigenvalue weighted by molar-refractivity contribution is -0.132. The fraction of sp³-hybridized carbons (Fsp3) is 0.167. The van der Waals surface area contributed by atoms with E-state index in [4.69, 9.17) is 21.4 Å². The van der Waals surface area contributed by atoms with Gasteiger partial charge in [0.1, 0.15) is 12.4 Å². The molecule has 3 nitrogen and oxygen atoms in total. The fourth-order valence-electron chi connectivity index (χ4n) is 2.50. The molecule has 0 fully saturated rings. The summed E-state index contributed by atoms with van der Waals surface area (Å²) in [6.45, 7) is 2.17. The number of carbonyl (C=O) groups is 1. The Morgan fingerprint density at radius 3 is 2.70 bits per heavy atom. The van der Waals surface area contributed by atoms with E-state index in [1.807, 2.05) is 18.2 Å². The average molecular weight is 347 g/mol. The number of hydrogen-bond acceptors (Lipinski definition) is 3. The lowest BCUT2D eigenvalue weighted by Gasteiger charge is -2.20. The molecule has 0 aliphatic carbocycles. The molecule has 0 aromatic heterocycles. The second-order valence-electron chi connectivity index (χ2n) is 5.09. The van der Waals surface area contributed by atoms with Gasteiger partial charge < -0.3 is 9.84 Å². The van der Waals surface area contributed by atoms with Crippen molar-refractivity contribution in [3.05, 3.63) is 52.6 Å². The van der Waals surface area contributed by atoms with Gasteiger partial charge in [0.05, 0.1) is 5.57 Å². The first-order valence-corrected chi connectivity index (χ1v) is 8.58. The highest BCUT2D eigenvalue weighted by Crippen LogP contribution is 2.40. The molecule has 1 heterocycles. The summed E-state index contributed by atoms with van der Waals surface area (Å²) in [6.07, 6.45) is 1.62. The van der Waals surface area contributed by atoms with Crippen LogP contribution in [0.5, 0.6) is 5.75 Å². The molecular weight excluding hydrogens is 332 g/mol. The van der Waals surface area contributed by atoms with Gasteiger partial charge in [0.2, 0.25) is 0 Å². The number of fused-ring (bicyclic) bond motifs is 1. The maximum absolute atomic E-state index is 11.1. The number of rotatable bonds is 4. The van der Waals surface area contributed by atoms with Crippen LogP contribution in [0.2, 0.25) is 5.02 Å². The summed E-state index contributed by atoms with van der Waals surface area (Å²) in [7, 11) is 0. The van der Waals surface area contributed by atoms with Crippen molar-refractivity contribution in [3.63, 3.8) is 0 Å². The molecule has 0 bridgehead atoms. The van der Waals surface area contributed by atoms with E-state index >= 15 is 0 Å². The van der Waals surface area contributed by atoms with Crippen LogP contribution in [0.1, 0.15) is 12.5 Å². The number of carboxylic acids is 1. The standard InChI is InChI=1S/C18H15ClO3S/c1-2-23-15-5-3-11(4-6-15)16-9-14(19)8-12-7-13(18(20)21)10-22-17(12)16/h3-9H,2,10H2,1H3,(H,20,21). The predicted molar refractivity (Wildman–Crippen MR) is 94.4 cm³/mol. The van der Waals surface area contributed by atoms with Crippen LogP contribution in [0.3, 0.4) is 0 Å². The monoisotopic (exact) mass is 346 g/mol. The van der Waals surface area contributed by atoms with E-state index in [-0.39, 0.29) is 12.2 Å². The van der Waals surface area contributed by atoms with Crippen LogP contribution in [-0.2, 0) is 4.79 Å². The molecule has 0 spiro atoms. The number of halogens is 1. The SMILES string of the molecule is CCSc1ccc(-c2cc(Cl)cc3c2OCC(C(=O)O)=C3)cc1. The van der Waals surface area contributed by atoms with Gasteiger partial charge in [-0.25, -0.2) is 4.79 Å². The molecule has 0 saturated heterocycles. The van der Waals surface area contributed by atoms with Gasteiger partial charge in [0.15, 0.2) is 0 Å². The third kappa shape index (κ3) is 3.38. The van der Waals surface area contributed by atoms with Gasteiger partial charge in [0.25, 0.3) is 0 Å². The van der Waals surface area contributed by atoms with Gasteiger partial charge >= 0.3 is 5.97 Å². The van der Waals surface area contributed by atoms with E-state index in [0.29, 0.717) is 16.3 Å². The topological polar surface area (TPSA) is 46.5 Å². The minimum Gasteiger partial charge on any atom is -0.487 e. The molecule has 1 aliphatic rings. The van der Waals surface area contributed by atoms with Gasteiger partial charge in [-0.2, -0.15) is 0 Å². The van der Waals surface area contributed by atoms with Gasteiger partial charge in [-0.3, -0.25) is 0 Å². The van der Waals surface area contributed by atoms with Crippen LogP contribution in [0.15, 0.2) is 46.9 Å². The first kappa shape index (κ1) is 16.0. The zero-order chi connectivity index (χ0) is 16.4. The average Bonchev–Trinajstić information content (AvgIpc) is 2.54. The van der Waals surface area contributed by atoms with Crippen LogP contribution >= 0.6 is 23.4 Å². The third-order valence-electron chi connectivity index (χ3n) is 3.54. The van der Waals surface area contributed by atoms with E-state index in [1.54, 1.807) is 23.9 Å². The highest BCUT2D eigenvalue weighted by atomic mass is 35.5. The van der Waals surface area contributed by atoms with Crippen molar-refractivity contribution in [1.82, 2.24) is 0 Å². The van der Waals surface area contributed by atoms with Crippen molar-refractivity contribution in [3.8, 4) is 16.9 Å². The summed E-state index contributed by atoms with van der Waals surface area (Å²) in [6, 6.07) is 11.8. The van der Waals surface area contributed by atoms with Crippen LogP contribution in [-0.4, -0.2) is 23.4 Å². The summed E-state index contributed by atoms with van der Waals surface area (Å²) in [5, 5.41) is 9.67. The molecule has 2 aromatic rings. The van der Waals surface area contributed by atoms with Crippen LogP contribution in [0.4, 0.5) is 0 Å². The number of carboxylic acid groups (broad SMARTS) is 1. The van der Waals surface area contributed by atoms with E-state index < -0.39 is 5.97 Å². The second kappa shape index (κ2) is 6.69. The Bertz CT molecular complexity index is 782. The first-order valence-electron chi connectivity index (χ1n) is 7.22. The smallest absolute Gasteiger partial charge is 0.335 e. The molecule has 2 aromatic carbocycles. The quantitative estimate of drug-likeness (QED) is 0.793. The number of ether oxygens (including phenoxy) is 1. The van der Waals surface area contributed by atoms with E-state index in [9.17, 15) is 4.79 Å². The van der Waals surface area contributed by atoms with Crippen molar-refractivity contribution in [2.75, 3.05) is 12.4 Å². The summed E-state index contributed by atoms with van der Waals surface area (Å²) in [5.41, 5.74) is 2.79. The minimum atomic E-state index is -0.974. The molecule has 3 rings (SSSR count). The van der Waals surface area contributed by atoms with Crippen LogP contribution in [0, 0.1) is 0 Å². The largest absolute Gasteiger partial charge is 0.487 e. The predicted octanol–water partition coefficient (Wildman–Crippen LogP) is 4.98. The normalized spacial score (nSPS) is 13.0. The van der Waals surface area contributed by atoms with Crippen molar-refractivity contribution in [1.29, 1.82) is 0 Å².